The summed E-state index contributed by atoms with van der Waals surface area (Å²) in [5.74, 6) is -0.990. The molecule has 2 aromatic heterocycles. The molecule has 10 nitrogen and oxygen atoms in total. The highest BCUT2D eigenvalue weighted by molar-refractivity contribution is 7.92. The molecule has 5 aromatic rings. The minimum absolute atomic E-state index is 0.00434. The molecule has 0 aliphatic rings. The van der Waals surface area contributed by atoms with Crippen molar-refractivity contribution in [2.75, 3.05) is 18.0 Å². The number of nitrogens with one attached hydrogen (secondary N) is 1. The molecule has 0 aliphatic heterocycles. The third-order valence-corrected chi connectivity index (χ3v) is 9.41. The van der Waals surface area contributed by atoms with Crippen molar-refractivity contribution in [3.8, 4) is 6.07 Å². The number of carbonyl (C=O) groups excluding carboxylic acids is 2. The summed E-state index contributed by atoms with van der Waals surface area (Å²) in [5.41, 5.74) is 2.56. The molecule has 0 saturated carbocycles. The average Bonchev–Trinajstić information content (AvgIpc) is 3.65. The molecular weight excluding hydrogens is 574 g/mol. The zero-order valence-electron chi connectivity index (χ0n) is 22.4. The normalized spacial score (nSPS) is 11.1. The van der Waals surface area contributed by atoms with Gasteiger partial charge in [-0.1, -0.05) is 30.3 Å². The molecule has 212 valence electrons. The topological polar surface area (TPSA) is 134 Å². The quantitative estimate of drug-likeness (QED) is 0.236. The Morgan fingerprint density at radius 2 is 1.83 bits per heavy atom. The van der Waals surface area contributed by atoms with Gasteiger partial charge in [0.05, 0.1) is 52.8 Å². The molecule has 2 heterocycles. The number of nitrogens with zero attached hydrogens (tertiary/aromatic N) is 4. The third kappa shape index (κ3) is 6.17. The van der Waals surface area contributed by atoms with E-state index >= 15 is 0 Å². The Hall–Kier alpha value is -4.99. The second-order valence-electron chi connectivity index (χ2n) is 9.24. The number of carbonyl (C=O) groups is 2. The lowest BCUT2D eigenvalue weighted by atomic mass is 10.1. The number of thiophene rings is 1. The van der Waals surface area contributed by atoms with Crippen LogP contribution in [0.1, 0.15) is 26.5 Å². The van der Waals surface area contributed by atoms with Crippen molar-refractivity contribution in [1.29, 1.82) is 5.26 Å². The van der Waals surface area contributed by atoms with Crippen LogP contribution in [-0.2, 0) is 32.6 Å². The van der Waals surface area contributed by atoms with E-state index in [1.807, 2.05) is 16.7 Å². The van der Waals surface area contributed by atoms with Crippen LogP contribution in [0.25, 0.3) is 10.1 Å². The van der Waals surface area contributed by atoms with E-state index in [-0.39, 0.29) is 18.0 Å². The minimum Gasteiger partial charge on any atom is -0.468 e. The lowest BCUT2D eigenvalue weighted by Gasteiger charge is -2.25. The molecule has 0 atom stereocenters. The maximum Gasteiger partial charge on any atom is 0.325 e. The number of imidazole rings is 1. The van der Waals surface area contributed by atoms with E-state index < -0.39 is 21.9 Å². The number of esters is 1. The lowest BCUT2D eigenvalue weighted by Crippen LogP contribution is -2.31. The Kier molecular flexibility index (Phi) is 8.33. The SMILES string of the molecule is COC(=O)CNC(=O)c1cc2cc(N(Cc3cncn3Cc3ccc(C#N)cc3)S(=O)(=O)c3ccccc3)ccc2s1. The van der Waals surface area contributed by atoms with Crippen molar-refractivity contribution in [3.63, 3.8) is 0 Å². The van der Waals surface area contributed by atoms with Crippen LogP contribution in [0.2, 0.25) is 0 Å². The highest BCUT2D eigenvalue weighted by atomic mass is 32.2. The number of rotatable bonds is 10. The van der Waals surface area contributed by atoms with Crippen molar-refractivity contribution < 1.29 is 22.7 Å². The fourth-order valence-corrected chi connectivity index (χ4v) is 6.70. The number of hydrogen-bond acceptors (Lipinski definition) is 8. The Balaban J connectivity index is 1.49. The van der Waals surface area contributed by atoms with Gasteiger partial charge in [-0.15, -0.1) is 11.3 Å². The predicted molar refractivity (Wildman–Crippen MR) is 158 cm³/mol. The van der Waals surface area contributed by atoms with E-state index in [2.05, 4.69) is 21.1 Å². The smallest absolute Gasteiger partial charge is 0.325 e. The summed E-state index contributed by atoms with van der Waals surface area (Å²) in [4.78, 5) is 28.8. The van der Waals surface area contributed by atoms with Crippen molar-refractivity contribution in [2.45, 2.75) is 18.0 Å². The number of fused-ring (bicyclic) bond motifs is 1. The number of aromatic nitrogens is 2. The van der Waals surface area contributed by atoms with Crippen molar-refractivity contribution >= 4 is 49.0 Å². The van der Waals surface area contributed by atoms with Crippen LogP contribution in [-0.4, -0.2) is 43.5 Å². The van der Waals surface area contributed by atoms with Gasteiger partial charge in [-0.05, 0) is 59.5 Å². The minimum atomic E-state index is -4.00. The van der Waals surface area contributed by atoms with E-state index in [0.717, 1.165) is 10.3 Å². The summed E-state index contributed by atoms with van der Waals surface area (Å²) in [5, 5.41) is 12.3. The standard InChI is InChI=1S/C30H25N5O5S2/c1-40-29(36)17-33-30(37)28-14-23-13-24(11-12-27(23)41-28)35(42(38,39)26-5-3-2-4-6-26)19-25-16-32-20-34(25)18-22-9-7-21(15-31)8-10-22/h2-14,16,20H,17-19H2,1H3,(H,33,37). The van der Waals surface area contributed by atoms with Crippen molar-refractivity contribution in [1.82, 2.24) is 14.9 Å². The third-order valence-electron chi connectivity index (χ3n) is 6.50. The summed E-state index contributed by atoms with van der Waals surface area (Å²) < 4.78 is 36.5. The van der Waals surface area contributed by atoms with Gasteiger partial charge in [0.2, 0.25) is 0 Å². The Morgan fingerprint density at radius 3 is 2.55 bits per heavy atom. The number of methoxy groups -OCH3 is 1. The average molecular weight is 600 g/mol. The van der Waals surface area contributed by atoms with E-state index in [4.69, 9.17) is 5.26 Å². The van der Waals surface area contributed by atoms with E-state index in [9.17, 15) is 18.0 Å². The molecule has 42 heavy (non-hydrogen) atoms. The van der Waals surface area contributed by atoms with Crippen LogP contribution >= 0.6 is 11.3 Å². The fraction of sp³-hybridized carbons (Fsp3) is 0.133. The van der Waals surface area contributed by atoms with Gasteiger partial charge >= 0.3 is 5.97 Å². The molecular formula is C30H25N5O5S2. The number of hydrogen-bond donors (Lipinski definition) is 1. The van der Waals surface area contributed by atoms with E-state index in [1.54, 1.807) is 79.3 Å². The molecule has 0 aliphatic carbocycles. The highest BCUT2D eigenvalue weighted by Crippen LogP contribution is 2.33. The molecule has 5 rings (SSSR count). The first-order valence-electron chi connectivity index (χ1n) is 12.7. The zero-order chi connectivity index (χ0) is 29.7. The molecule has 1 amide bonds. The number of benzene rings is 3. The number of ether oxygens (including phenoxy) is 1. The van der Waals surface area contributed by atoms with Gasteiger partial charge in [-0.3, -0.25) is 13.9 Å². The second-order valence-corrected chi connectivity index (χ2v) is 12.2. The molecule has 0 unspecified atom stereocenters. The number of sulfonamides is 1. The van der Waals surface area contributed by atoms with Crippen LogP contribution in [0.3, 0.4) is 0 Å². The summed E-state index contributed by atoms with van der Waals surface area (Å²) in [6.07, 6.45) is 3.27. The van der Waals surface area contributed by atoms with Gasteiger partial charge < -0.3 is 14.6 Å². The monoisotopic (exact) mass is 599 g/mol. The summed E-state index contributed by atoms with van der Waals surface area (Å²) in [6.45, 7) is 0.178. The molecule has 0 fully saturated rings. The first kappa shape index (κ1) is 28.5. The van der Waals surface area contributed by atoms with Gasteiger partial charge in [0.25, 0.3) is 15.9 Å². The molecule has 3 aromatic carbocycles. The van der Waals surface area contributed by atoms with Crippen molar-refractivity contribution in [3.05, 3.63) is 113 Å². The van der Waals surface area contributed by atoms with Gasteiger partial charge in [-0.2, -0.15) is 5.26 Å². The number of anilines is 1. The first-order valence-corrected chi connectivity index (χ1v) is 15.0. The van der Waals surface area contributed by atoms with E-state index in [0.29, 0.717) is 33.8 Å². The largest absolute Gasteiger partial charge is 0.468 e. The Morgan fingerprint density at radius 1 is 1.07 bits per heavy atom. The van der Waals surface area contributed by atoms with Crippen LogP contribution in [0.4, 0.5) is 5.69 Å². The zero-order valence-corrected chi connectivity index (χ0v) is 24.1. The Labute approximate surface area is 246 Å². The molecule has 1 N–H and O–H groups in total. The van der Waals surface area contributed by atoms with Crippen LogP contribution < -0.4 is 9.62 Å². The first-order chi connectivity index (χ1) is 20.3. The maximum absolute atomic E-state index is 14.0. The van der Waals surface area contributed by atoms with Gasteiger partial charge in [0.1, 0.15) is 6.54 Å². The second kappa shape index (κ2) is 12.3. The fourth-order valence-electron chi connectivity index (χ4n) is 4.29. The summed E-state index contributed by atoms with van der Waals surface area (Å²) >= 11 is 1.23. The van der Waals surface area contributed by atoms with Crippen LogP contribution in [0.5, 0.6) is 0 Å². The number of amides is 1. The Bertz CT molecular complexity index is 1890. The summed E-state index contributed by atoms with van der Waals surface area (Å²) in [6, 6.07) is 24.3. The van der Waals surface area contributed by atoms with Crippen LogP contribution in [0, 0.1) is 11.3 Å². The molecule has 12 heteroatoms. The predicted octanol–water partition coefficient (Wildman–Crippen LogP) is 4.32. The maximum atomic E-state index is 14.0. The van der Waals surface area contributed by atoms with Gasteiger partial charge in [-0.25, -0.2) is 13.4 Å². The van der Waals surface area contributed by atoms with Gasteiger partial charge in [0, 0.05) is 17.4 Å². The van der Waals surface area contributed by atoms with Crippen molar-refractivity contribution in [2.24, 2.45) is 0 Å². The van der Waals surface area contributed by atoms with Crippen LogP contribution in [0.15, 0.2) is 96.3 Å². The molecule has 0 saturated heterocycles. The lowest BCUT2D eigenvalue weighted by molar-refractivity contribution is -0.139. The highest BCUT2D eigenvalue weighted by Gasteiger charge is 2.27. The number of nitriles is 1. The van der Waals surface area contributed by atoms with E-state index in [1.165, 1.54) is 22.8 Å². The summed E-state index contributed by atoms with van der Waals surface area (Å²) in [7, 11) is -2.76. The molecule has 0 bridgehead atoms. The molecule has 0 spiro atoms. The van der Waals surface area contributed by atoms with Gasteiger partial charge in [0.15, 0.2) is 0 Å². The molecule has 0 radical (unpaired) electrons.